The minimum absolute atomic E-state index is 0.104. The average Bonchev–Trinajstić information content (AvgIpc) is 2.64. The Balaban J connectivity index is 4.40. The molecule has 0 N–H and O–H groups in total. The normalized spacial score (nSPS) is 11.8. The van der Waals surface area contributed by atoms with Gasteiger partial charge in [0.1, 0.15) is 12.5 Å². The van der Waals surface area contributed by atoms with E-state index < -0.39 is 23.9 Å². The molecular formula is C18H24O8. The highest BCUT2D eigenvalue weighted by atomic mass is 16.5. The second-order valence-corrected chi connectivity index (χ2v) is 5.08. The molecule has 0 radical (unpaired) electrons. The molecule has 0 rings (SSSR count). The van der Waals surface area contributed by atoms with Gasteiger partial charge in [0.05, 0.1) is 24.4 Å². The smallest absolute Gasteiger partial charge is 0.336 e. The van der Waals surface area contributed by atoms with Crippen LogP contribution in [0, 0.1) is 0 Å². The van der Waals surface area contributed by atoms with E-state index in [1.54, 1.807) is 0 Å². The van der Waals surface area contributed by atoms with Crippen molar-refractivity contribution in [3.63, 3.8) is 0 Å². The average molecular weight is 368 g/mol. The molecule has 0 aliphatic carbocycles. The highest BCUT2D eigenvalue weighted by molar-refractivity contribution is 5.93. The summed E-state index contributed by atoms with van der Waals surface area (Å²) < 4.78 is 19.0. The van der Waals surface area contributed by atoms with Crippen LogP contribution >= 0.6 is 0 Å². The predicted molar refractivity (Wildman–Crippen MR) is 91.3 cm³/mol. The van der Waals surface area contributed by atoms with Crippen LogP contribution in [0.2, 0.25) is 0 Å². The number of esters is 4. The summed E-state index contributed by atoms with van der Waals surface area (Å²) >= 11 is 0. The highest BCUT2D eigenvalue weighted by Crippen LogP contribution is 2.00. The van der Waals surface area contributed by atoms with E-state index in [0.29, 0.717) is 12.8 Å². The van der Waals surface area contributed by atoms with Gasteiger partial charge < -0.3 is 18.9 Å². The van der Waals surface area contributed by atoms with Crippen molar-refractivity contribution < 1.29 is 38.1 Å². The van der Waals surface area contributed by atoms with Gasteiger partial charge >= 0.3 is 23.9 Å². The quantitative estimate of drug-likeness (QED) is 0.250. The van der Waals surface area contributed by atoms with Crippen molar-refractivity contribution in [3.8, 4) is 0 Å². The minimum Gasteiger partial charge on any atom is -0.462 e. The number of carbonyl (C=O) groups excluding carboxylic acids is 4. The summed E-state index contributed by atoms with van der Waals surface area (Å²) in [6.07, 6.45) is 4.86. The van der Waals surface area contributed by atoms with Gasteiger partial charge in [-0.25, -0.2) is 19.2 Å². The molecule has 144 valence electrons. The van der Waals surface area contributed by atoms with Crippen LogP contribution in [0.4, 0.5) is 0 Å². The van der Waals surface area contributed by atoms with Crippen LogP contribution in [0.1, 0.15) is 40.5 Å². The molecule has 0 aromatic carbocycles. The second-order valence-electron chi connectivity index (χ2n) is 5.08. The summed E-state index contributed by atoms with van der Waals surface area (Å²) in [5, 5.41) is 0. The van der Waals surface area contributed by atoms with Gasteiger partial charge in [-0.1, -0.05) is 13.8 Å². The second kappa shape index (κ2) is 13.4. The maximum atomic E-state index is 11.5. The molecule has 0 atom stereocenters. The predicted octanol–water partition coefficient (Wildman–Crippen LogP) is 2.34. The first kappa shape index (κ1) is 23.1. The topological polar surface area (TPSA) is 105 Å². The molecule has 0 saturated carbocycles. The molecule has 0 aliphatic heterocycles. The summed E-state index contributed by atoms with van der Waals surface area (Å²) in [5.41, 5.74) is 0.207. The first-order chi connectivity index (χ1) is 12.3. The van der Waals surface area contributed by atoms with Crippen LogP contribution in [0.3, 0.4) is 0 Å². The Hall–Kier alpha value is -2.90. The highest BCUT2D eigenvalue weighted by Gasteiger charge is 2.08. The molecule has 0 aliphatic rings. The van der Waals surface area contributed by atoms with Gasteiger partial charge in [-0.2, -0.15) is 0 Å². The van der Waals surface area contributed by atoms with Gasteiger partial charge in [0.15, 0.2) is 0 Å². The van der Waals surface area contributed by atoms with Crippen LogP contribution < -0.4 is 0 Å². The van der Waals surface area contributed by atoms with Gasteiger partial charge in [0, 0.05) is 12.2 Å². The van der Waals surface area contributed by atoms with Crippen molar-refractivity contribution in [1.82, 2.24) is 0 Å². The van der Waals surface area contributed by atoms with Gasteiger partial charge in [-0.05, 0) is 26.7 Å². The van der Waals surface area contributed by atoms with Crippen LogP contribution in [-0.4, -0.2) is 37.1 Å². The van der Waals surface area contributed by atoms with Crippen LogP contribution in [0.5, 0.6) is 0 Å². The Labute approximate surface area is 152 Å². The molecule has 0 aromatic heterocycles. The van der Waals surface area contributed by atoms with E-state index in [0.717, 1.165) is 24.7 Å². The first-order valence-electron chi connectivity index (χ1n) is 8.08. The number of ether oxygens (including phenoxy) is 4. The Morgan fingerprint density at radius 2 is 1.04 bits per heavy atom. The molecule has 8 heteroatoms. The van der Waals surface area contributed by atoms with Gasteiger partial charge in [0.2, 0.25) is 0 Å². The summed E-state index contributed by atoms with van der Waals surface area (Å²) in [6, 6.07) is 0. The van der Waals surface area contributed by atoms with E-state index in [2.05, 4.69) is 9.47 Å². The lowest BCUT2D eigenvalue weighted by Gasteiger charge is -2.02. The largest absolute Gasteiger partial charge is 0.462 e. The molecule has 0 aromatic rings. The van der Waals surface area contributed by atoms with Crippen molar-refractivity contribution in [2.75, 3.05) is 13.2 Å². The Morgan fingerprint density at radius 1 is 0.692 bits per heavy atom. The number of carbonyl (C=O) groups is 4. The fourth-order valence-electron chi connectivity index (χ4n) is 1.22. The van der Waals surface area contributed by atoms with Crippen LogP contribution in [0.15, 0.2) is 35.8 Å². The molecule has 0 fully saturated rings. The van der Waals surface area contributed by atoms with Crippen molar-refractivity contribution in [2.45, 2.75) is 40.5 Å². The lowest BCUT2D eigenvalue weighted by atomic mass is 10.3. The summed E-state index contributed by atoms with van der Waals surface area (Å²) in [6.45, 7) is 7.08. The lowest BCUT2D eigenvalue weighted by Crippen LogP contribution is -2.08. The molecule has 0 heterocycles. The standard InChI is InChI=1S/C18H24O8/c1-5-9-23-17(21)13(3)11-25-15(19)7-8-16(20)26-12-14(4)18(22)24-10-6-2/h7-8,11-12H,5-6,9-10H2,1-4H3/b8-7-,13-11?,14-12?. The van der Waals surface area contributed by atoms with E-state index in [9.17, 15) is 19.2 Å². The maximum Gasteiger partial charge on any atom is 0.336 e. The van der Waals surface area contributed by atoms with Crippen molar-refractivity contribution in [2.24, 2.45) is 0 Å². The fraction of sp³-hybridized carbons (Fsp3) is 0.444. The van der Waals surface area contributed by atoms with E-state index in [4.69, 9.17) is 9.47 Å². The summed E-state index contributed by atoms with van der Waals surface area (Å²) in [4.78, 5) is 45.8. The third-order valence-electron chi connectivity index (χ3n) is 2.58. The first-order valence-corrected chi connectivity index (χ1v) is 8.08. The van der Waals surface area contributed by atoms with E-state index in [-0.39, 0.29) is 24.4 Å². The zero-order valence-electron chi connectivity index (χ0n) is 15.4. The molecule has 0 unspecified atom stereocenters. The van der Waals surface area contributed by atoms with Crippen LogP contribution in [0.25, 0.3) is 0 Å². The van der Waals surface area contributed by atoms with Crippen LogP contribution in [-0.2, 0) is 38.1 Å². The number of hydrogen-bond acceptors (Lipinski definition) is 8. The Bertz CT molecular complexity index is 546. The molecule has 26 heavy (non-hydrogen) atoms. The van der Waals surface area contributed by atoms with E-state index >= 15 is 0 Å². The number of rotatable bonds is 10. The molecule has 0 bridgehead atoms. The zero-order valence-corrected chi connectivity index (χ0v) is 15.4. The molecule has 8 nitrogen and oxygen atoms in total. The minimum atomic E-state index is -0.882. The monoisotopic (exact) mass is 368 g/mol. The molecular weight excluding hydrogens is 344 g/mol. The van der Waals surface area contributed by atoms with Crippen molar-refractivity contribution in [3.05, 3.63) is 35.8 Å². The third-order valence-corrected chi connectivity index (χ3v) is 2.58. The maximum absolute atomic E-state index is 11.5. The molecule has 0 saturated heterocycles. The van der Waals surface area contributed by atoms with E-state index in [1.807, 2.05) is 13.8 Å². The zero-order chi connectivity index (χ0) is 19.9. The van der Waals surface area contributed by atoms with Crippen molar-refractivity contribution >= 4 is 23.9 Å². The molecule has 0 amide bonds. The fourth-order valence-corrected chi connectivity index (χ4v) is 1.22. The Morgan fingerprint density at radius 3 is 1.35 bits per heavy atom. The third kappa shape index (κ3) is 10.8. The van der Waals surface area contributed by atoms with E-state index in [1.165, 1.54) is 13.8 Å². The van der Waals surface area contributed by atoms with Gasteiger partial charge in [0.25, 0.3) is 0 Å². The van der Waals surface area contributed by atoms with Crippen molar-refractivity contribution in [1.29, 1.82) is 0 Å². The Kier molecular flexibility index (Phi) is 11.9. The van der Waals surface area contributed by atoms with Gasteiger partial charge in [-0.15, -0.1) is 0 Å². The SMILES string of the molecule is CCCOC(=O)C(C)=COC(=O)/C=C\C(=O)OC=C(C)C(=O)OCCC. The summed E-state index contributed by atoms with van der Waals surface area (Å²) in [5.74, 6) is -2.96. The number of hydrogen-bond donors (Lipinski definition) is 0. The summed E-state index contributed by atoms with van der Waals surface area (Å²) in [7, 11) is 0. The lowest BCUT2D eigenvalue weighted by molar-refractivity contribution is -0.140. The van der Waals surface area contributed by atoms with Gasteiger partial charge in [-0.3, -0.25) is 0 Å². The molecule has 0 spiro atoms.